The molecule has 0 spiro atoms. The fourth-order valence-electron chi connectivity index (χ4n) is 1.70. The minimum Gasteiger partial charge on any atom is -0.495 e. The molecule has 1 atom stereocenters. The summed E-state index contributed by atoms with van der Waals surface area (Å²) in [5.41, 5.74) is 2.04. The van der Waals surface area contributed by atoms with Crippen LogP contribution in [-0.4, -0.2) is 31.3 Å². The molecule has 1 aromatic carbocycles. The summed E-state index contributed by atoms with van der Waals surface area (Å²) in [5.74, 6) is -0.0358. The average Bonchev–Trinajstić information content (AvgIpc) is 2.27. The van der Waals surface area contributed by atoms with Crippen molar-refractivity contribution < 1.29 is 14.6 Å². The van der Waals surface area contributed by atoms with E-state index in [4.69, 9.17) is 9.84 Å². The standard InChI is InChI=1S/C13H19NO3/c1-9-5-6-12(17-4)11(7-9)14(3)10(2)8-13(15)16/h5-7,10H,8H2,1-4H3,(H,15,16). The molecule has 0 aliphatic carbocycles. The molecule has 0 aliphatic heterocycles. The van der Waals surface area contributed by atoms with Gasteiger partial charge in [-0.2, -0.15) is 0 Å². The highest BCUT2D eigenvalue weighted by atomic mass is 16.5. The zero-order valence-corrected chi connectivity index (χ0v) is 10.7. The van der Waals surface area contributed by atoms with Gasteiger partial charge >= 0.3 is 5.97 Å². The molecule has 0 aliphatic rings. The third kappa shape index (κ3) is 3.37. The second kappa shape index (κ2) is 5.57. The number of methoxy groups -OCH3 is 1. The first-order chi connectivity index (χ1) is 7.95. The molecule has 1 rings (SSSR count). The molecule has 17 heavy (non-hydrogen) atoms. The summed E-state index contributed by atoms with van der Waals surface area (Å²) >= 11 is 0. The third-order valence-corrected chi connectivity index (χ3v) is 2.85. The summed E-state index contributed by atoms with van der Waals surface area (Å²) in [7, 11) is 3.49. The lowest BCUT2D eigenvalue weighted by atomic mass is 10.1. The number of anilines is 1. The number of hydrogen-bond acceptors (Lipinski definition) is 3. The third-order valence-electron chi connectivity index (χ3n) is 2.85. The first-order valence-corrected chi connectivity index (χ1v) is 5.55. The van der Waals surface area contributed by atoms with Crippen molar-refractivity contribution in [2.45, 2.75) is 26.3 Å². The molecule has 0 radical (unpaired) electrons. The van der Waals surface area contributed by atoms with Gasteiger partial charge in [0.2, 0.25) is 0 Å². The number of benzene rings is 1. The summed E-state index contributed by atoms with van der Waals surface area (Å²) in [6, 6.07) is 5.78. The second-order valence-corrected chi connectivity index (χ2v) is 4.23. The second-order valence-electron chi connectivity index (χ2n) is 4.23. The summed E-state index contributed by atoms with van der Waals surface area (Å²) in [6.07, 6.45) is 0.105. The lowest BCUT2D eigenvalue weighted by molar-refractivity contribution is -0.137. The van der Waals surface area contributed by atoms with Gasteiger partial charge in [-0.3, -0.25) is 4.79 Å². The van der Waals surface area contributed by atoms with Gasteiger partial charge in [0, 0.05) is 13.1 Å². The molecule has 0 fully saturated rings. The fraction of sp³-hybridized carbons (Fsp3) is 0.462. The molecule has 1 N–H and O–H groups in total. The van der Waals surface area contributed by atoms with Gasteiger partial charge in [0.1, 0.15) is 5.75 Å². The van der Waals surface area contributed by atoms with Crippen molar-refractivity contribution in [1.29, 1.82) is 0 Å². The van der Waals surface area contributed by atoms with E-state index < -0.39 is 5.97 Å². The summed E-state index contributed by atoms with van der Waals surface area (Å²) in [6.45, 7) is 3.88. The highest BCUT2D eigenvalue weighted by molar-refractivity contribution is 5.69. The molecule has 0 bridgehead atoms. The predicted octanol–water partition coefficient (Wildman–Crippen LogP) is 2.30. The van der Waals surface area contributed by atoms with Crippen molar-refractivity contribution in [2.75, 3.05) is 19.1 Å². The van der Waals surface area contributed by atoms with Gasteiger partial charge < -0.3 is 14.7 Å². The highest BCUT2D eigenvalue weighted by Gasteiger charge is 2.16. The zero-order chi connectivity index (χ0) is 13.0. The van der Waals surface area contributed by atoms with Crippen LogP contribution in [0.3, 0.4) is 0 Å². The first kappa shape index (κ1) is 13.4. The summed E-state index contributed by atoms with van der Waals surface area (Å²) < 4.78 is 5.29. The number of aryl methyl sites for hydroxylation is 1. The van der Waals surface area contributed by atoms with Crippen molar-refractivity contribution in [2.24, 2.45) is 0 Å². The Kier molecular flexibility index (Phi) is 4.37. The van der Waals surface area contributed by atoms with Crippen molar-refractivity contribution in [3.05, 3.63) is 23.8 Å². The molecule has 0 aromatic heterocycles. The van der Waals surface area contributed by atoms with Crippen molar-refractivity contribution in [3.63, 3.8) is 0 Å². The molecular weight excluding hydrogens is 218 g/mol. The predicted molar refractivity (Wildman–Crippen MR) is 67.8 cm³/mol. The largest absolute Gasteiger partial charge is 0.495 e. The normalized spacial score (nSPS) is 12.0. The Morgan fingerprint density at radius 3 is 2.71 bits per heavy atom. The Labute approximate surface area is 102 Å². The van der Waals surface area contributed by atoms with Gasteiger partial charge in [-0.05, 0) is 31.5 Å². The van der Waals surface area contributed by atoms with E-state index >= 15 is 0 Å². The minimum atomic E-state index is -0.795. The van der Waals surface area contributed by atoms with Gasteiger partial charge in [0.05, 0.1) is 19.2 Å². The lowest BCUT2D eigenvalue weighted by Gasteiger charge is -2.27. The number of carboxylic acids is 1. The number of hydrogen-bond donors (Lipinski definition) is 1. The van der Waals surface area contributed by atoms with Crippen molar-refractivity contribution in [3.8, 4) is 5.75 Å². The van der Waals surface area contributed by atoms with E-state index in [-0.39, 0.29) is 12.5 Å². The highest BCUT2D eigenvalue weighted by Crippen LogP contribution is 2.30. The zero-order valence-electron chi connectivity index (χ0n) is 10.7. The monoisotopic (exact) mass is 237 g/mol. The summed E-state index contributed by atoms with van der Waals surface area (Å²) in [5, 5.41) is 8.80. The number of nitrogens with zero attached hydrogens (tertiary/aromatic N) is 1. The maximum absolute atomic E-state index is 10.7. The molecule has 1 aromatic rings. The van der Waals surface area contributed by atoms with E-state index in [0.717, 1.165) is 17.0 Å². The van der Waals surface area contributed by atoms with Crippen LogP contribution >= 0.6 is 0 Å². The molecule has 94 valence electrons. The van der Waals surface area contributed by atoms with Crippen LogP contribution in [-0.2, 0) is 4.79 Å². The van der Waals surface area contributed by atoms with Crippen LogP contribution in [0.1, 0.15) is 18.9 Å². The number of carbonyl (C=O) groups is 1. The van der Waals surface area contributed by atoms with Gasteiger partial charge in [0.25, 0.3) is 0 Å². The Bertz CT molecular complexity index is 404. The smallest absolute Gasteiger partial charge is 0.305 e. The lowest BCUT2D eigenvalue weighted by Crippen LogP contribution is -2.31. The molecule has 1 unspecified atom stereocenters. The van der Waals surface area contributed by atoms with Crippen LogP contribution in [0.2, 0.25) is 0 Å². The molecular formula is C13H19NO3. The SMILES string of the molecule is COc1ccc(C)cc1N(C)C(C)CC(=O)O. The quantitative estimate of drug-likeness (QED) is 0.853. The van der Waals surface area contributed by atoms with Gasteiger partial charge in [-0.1, -0.05) is 6.07 Å². The van der Waals surface area contributed by atoms with Crippen LogP contribution in [0.5, 0.6) is 5.75 Å². The molecule has 0 saturated carbocycles. The summed E-state index contributed by atoms with van der Waals surface area (Å²) in [4.78, 5) is 12.6. The van der Waals surface area contributed by atoms with Gasteiger partial charge in [0.15, 0.2) is 0 Å². The van der Waals surface area contributed by atoms with Gasteiger partial charge in [-0.25, -0.2) is 0 Å². The van der Waals surface area contributed by atoms with E-state index in [2.05, 4.69) is 0 Å². The Balaban J connectivity index is 2.97. The van der Waals surface area contributed by atoms with E-state index in [1.54, 1.807) is 7.11 Å². The van der Waals surface area contributed by atoms with Crippen LogP contribution in [0.4, 0.5) is 5.69 Å². The van der Waals surface area contributed by atoms with Gasteiger partial charge in [-0.15, -0.1) is 0 Å². The molecule has 4 heteroatoms. The first-order valence-electron chi connectivity index (χ1n) is 5.55. The van der Waals surface area contributed by atoms with Crippen LogP contribution < -0.4 is 9.64 Å². The van der Waals surface area contributed by atoms with E-state index in [1.165, 1.54) is 0 Å². The van der Waals surface area contributed by atoms with Crippen LogP contribution in [0.25, 0.3) is 0 Å². The number of aliphatic carboxylic acids is 1. The Morgan fingerprint density at radius 2 is 2.18 bits per heavy atom. The number of ether oxygens (including phenoxy) is 1. The van der Waals surface area contributed by atoms with Crippen molar-refractivity contribution in [1.82, 2.24) is 0 Å². The molecule has 0 amide bonds. The molecule has 0 heterocycles. The average molecular weight is 237 g/mol. The van der Waals surface area contributed by atoms with Crippen LogP contribution in [0, 0.1) is 6.92 Å². The maximum Gasteiger partial charge on any atom is 0.305 e. The number of carboxylic acid groups (broad SMARTS) is 1. The molecule has 0 saturated heterocycles. The molecule has 4 nitrogen and oxygen atoms in total. The van der Waals surface area contributed by atoms with E-state index in [9.17, 15) is 4.79 Å². The van der Waals surface area contributed by atoms with E-state index in [0.29, 0.717) is 0 Å². The maximum atomic E-state index is 10.7. The van der Waals surface area contributed by atoms with Crippen molar-refractivity contribution >= 4 is 11.7 Å². The van der Waals surface area contributed by atoms with E-state index in [1.807, 2.05) is 44.0 Å². The Hall–Kier alpha value is -1.71. The fourth-order valence-corrected chi connectivity index (χ4v) is 1.70. The Morgan fingerprint density at radius 1 is 1.53 bits per heavy atom. The minimum absolute atomic E-state index is 0.0804. The van der Waals surface area contributed by atoms with Crippen LogP contribution in [0.15, 0.2) is 18.2 Å². The number of rotatable bonds is 5. The topological polar surface area (TPSA) is 49.8 Å².